The molecule has 5 atom stereocenters. The average molecular weight is 439 g/mol. The maximum absolute atomic E-state index is 12.5. The maximum Gasteiger partial charge on any atom is 0.491 e. The van der Waals surface area contributed by atoms with Crippen molar-refractivity contribution in [1.29, 1.82) is 0 Å². The van der Waals surface area contributed by atoms with Crippen LogP contribution >= 0.6 is 0 Å². The van der Waals surface area contributed by atoms with Crippen LogP contribution in [0.1, 0.15) is 39.2 Å². The monoisotopic (exact) mass is 439 g/mol. The molecule has 10 heteroatoms. The van der Waals surface area contributed by atoms with Crippen molar-refractivity contribution in [3.63, 3.8) is 0 Å². The van der Waals surface area contributed by atoms with E-state index in [0.29, 0.717) is 5.92 Å². The Bertz CT molecular complexity index is 864. The Morgan fingerprint density at radius 2 is 1.90 bits per heavy atom. The van der Waals surface area contributed by atoms with Gasteiger partial charge in [0.1, 0.15) is 0 Å². The third-order valence-electron chi connectivity index (χ3n) is 7.32. The molecule has 3 saturated carbocycles. The molecule has 1 heterocycles. The minimum absolute atomic E-state index is 0.115. The highest BCUT2D eigenvalue weighted by molar-refractivity contribution is 6.48. The molecule has 5 rings (SSSR count). The highest BCUT2D eigenvalue weighted by Gasteiger charge is 2.68. The second-order valence-electron chi connectivity index (χ2n) is 9.45. The van der Waals surface area contributed by atoms with E-state index in [1.165, 1.54) is 0 Å². The van der Waals surface area contributed by atoms with E-state index < -0.39 is 36.9 Å². The predicted molar refractivity (Wildman–Crippen MR) is 105 cm³/mol. The molecule has 1 aliphatic heterocycles. The minimum Gasteiger partial charge on any atom is -0.404 e. The lowest BCUT2D eigenvalue weighted by molar-refractivity contribution is -0.199. The summed E-state index contributed by atoms with van der Waals surface area (Å²) in [6, 6.07) is 9.10. The number of esters is 1. The number of ether oxygens (including phenoxy) is 1. The van der Waals surface area contributed by atoms with Crippen LogP contribution in [0, 0.1) is 17.3 Å². The van der Waals surface area contributed by atoms with Gasteiger partial charge >= 0.3 is 25.4 Å². The van der Waals surface area contributed by atoms with Gasteiger partial charge in [-0.05, 0) is 49.0 Å². The molecule has 6 nitrogen and oxygen atoms in total. The Balaban J connectivity index is 1.51. The van der Waals surface area contributed by atoms with Crippen LogP contribution in [0.25, 0.3) is 0 Å². The first-order chi connectivity index (χ1) is 14.4. The Morgan fingerprint density at radius 1 is 1.23 bits per heavy atom. The maximum atomic E-state index is 12.5. The van der Waals surface area contributed by atoms with Crippen LogP contribution in [-0.4, -0.2) is 43.0 Å². The molecule has 0 radical (unpaired) electrons. The topological polar surface area (TPSA) is 73.9 Å². The molecule has 4 fully saturated rings. The van der Waals surface area contributed by atoms with Crippen LogP contribution < -0.4 is 5.32 Å². The van der Waals surface area contributed by atoms with Gasteiger partial charge in [-0.1, -0.05) is 44.2 Å². The van der Waals surface area contributed by atoms with E-state index in [1.54, 1.807) is 0 Å². The van der Waals surface area contributed by atoms with Gasteiger partial charge in [-0.2, -0.15) is 13.2 Å². The van der Waals surface area contributed by atoms with Crippen LogP contribution in [-0.2, 0) is 25.3 Å². The first kappa shape index (κ1) is 22.1. The zero-order valence-corrected chi connectivity index (χ0v) is 17.6. The van der Waals surface area contributed by atoms with Gasteiger partial charge in [-0.15, -0.1) is 0 Å². The fourth-order valence-corrected chi connectivity index (χ4v) is 5.48. The molecule has 1 aromatic carbocycles. The molecule has 1 N–H and O–H groups in total. The lowest BCUT2D eigenvalue weighted by Crippen LogP contribution is -2.65. The molecule has 1 aromatic rings. The fourth-order valence-electron chi connectivity index (χ4n) is 5.48. The van der Waals surface area contributed by atoms with E-state index in [4.69, 9.17) is 9.31 Å². The highest BCUT2D eigenvalue weighted by Crippen LogP contribution is 2.65. The molecule has 0 spiro atoms. The van der Waals surface area contributed by atoms with Gasteiger partial charge in [0, 0.05) is 0 Å². The summed E-state index contributed by atoms with van der Waals surface area (Å²) in [4.78, 5) is 23.1. The normalized spacial score (nSPS) is 31.9. The van der Waals surface area contributed by atoms with Gasteiger partial charge in [0.25, 0.3) is 0 Å². The molecule has 168 valence electrons. The number of alkyl halides is 3. The van der Waals surface area contributed by atoms with Crippen molar-refractivity contribution in [2.75, 3.05) is 0 Å². The van der Waals surface area contributed by atoms with Gasteiger partial charge in [0.2, 0.25) is 0 Å². The Morgan fingerprint density at radius 3 is 2.52 bits per heavy atom. The van der Waals surface area contributed by atoms with E-state index in [1.807, 2.05) is 37.3 Å². The summed E-state index contributed by atoms with van der Waals surface area (Å²) < 4.78 is 53.8. The summed E-state index contributed by atoms with van der Waals surface area (Å²) in [5.41, 5.74) is 0.390. The number of carbonyl (C=O) groups is 2. The number of amides is 1. The molecular weight excluding hydrogens is 414 g/mol. The zero-order valence-electron chi connectivity index (χ0n) is 17.6. The molecule has 3 aliphatic carbocycles. The second kappa shape index (κ2) is 7.51. The number of carbonyl (C=O) groups excluding carboxylic acids is 2. The van der Waals surface area contributed by atoms with Gasteiger partial charge in [0.15, 0.2) is 0 Å². The molecular formula is C21H25BF3NO5. The van der Waals surface area contributed by atoms with Gasteiger partial charge in [-0.3, -0.25) is 0 Å². The van der Waals surface area contributed by atoms with Crippen molar-refractivity contribution in [3.8, 4) is 0 Å². The van der Waals surface area contributed by atoms with Crippen molar-refractivity contribution in [2.24, 2.45) is 17.3 Å². The van der Waals surface area contributed by atoms with Crippen LogP contribution in [0.15, 0.2) is 30.3 Å². The Labute approximate surface area is 178 Å². The van der Waals surface area contributed by atoms with Crippen LogP contribution in [0.3, 0.4) is 0 Å². The smallest absolute Gasteiger partial charge is 0.404 e. The van der Waals surface area contributed by atoms with E-state index in [9.17, 15) is 22.8 Å². The molecule has 0 aromatic heterocycles. The average Bonchev–Trinajstić information content (AvgIpc) is 3.04. The molecule has 4 aliphatic rings. The number of alkyl carbamates (subject to hydrolysis) is 1. The number of benzene rings is 1. The van der Waals surface area contributed by atoms with Gasteiger partial charge in [0.05, 0.1) is 17.6 Å². The largest absolute Gasteiger partial charge is 0.491 e. The number of hydrogen-bond donors (Lipinski definition) is 1. The first-order valence-electron chi connectivity index (χ1n) is 10.4. The van der Waals surface area contributed by atoms with Crippen LogP contribution in [0.5, 0.6) is 0 Å². The molecule has 1 amide bonds. The number of nitrogens with one attached hydrogen (secondary N) is 1. The third-order valence-corrected chi connectivity index (χ3v) is 7.32. The zero-order chi connectivity index (χ0) is 22.6. The Kier molecular flexibility index (Phi) is 5.37. The molecule has 1 saturated heterocycles. The van der Waals surface area contributed by atoms with Crippen molar-refractivity contribution < 1.29 is 36.8 Å². The van der Waals surface area contributed by atoms with Gasteiger partial charge in [-0.25, -0.2) is 9.59 Å². The number of halogens is 3. The summed E-state index contributed by atoms with van der Waals surface area (Å²) >= 11 is 0. The van der Waals surface area contributed by atoms with Crippen molar-refractivity contribution in [3.05, 3.63) is 35.9 Å². The lowest BCUT2D eigenvalue weighted by atomic mass is 9.43. The summed E-state index contributed by atoms with van der Waals surface area (Å²) in [5, 5.41) is 2.35. The first-order valence-corrected chi connectivity index (χ1v) is 10.4. The molecule has 0 unspecified atom stereocenters. The van der Waals surface area contributed by atoms with Crippen molar-refractivity contribution >= 4 is 19.2 Å². The summed E-state index contributed by atoms with van der Waals surface area (Å²) in [5.74, 6) is -2.60. The molecule has 2 bridgehead atoms. The lowest BCUT2D eigenvalue weighted by Gasteiger charge is -2.64. The minimum atomic E-state index is -5.26. The van der Waals surface area contributed by atoms with Crippen LogP contribution in [0.2, 0.25) is 0 Å². The highest BCUT2D eigenvalue weighted by atomic mass is 19.4. The quantitative estimate of drug-likeness (QED) is 0.440. The van der Waals surface area contributed by atoms with E-state index >= 15 is 0 Å². The predicted octanol–water partition coefficient (Wildman–Crippen LogP) is 3.68. The van der Waals surface area contributed by atoms with E-state index in [2.05, 4.69) is 23.9 Å². The van der Waals surface area contributed by atoms with Crippen LogP contribution in [0.4, 0.5) is 18.0 Å². The van der Waals surface area contributed by atoms with Gasteiger partial charge < -0.3 is 19.4 Å². The summed E-state index contributed by atoms with van der Waals surface area (Å²) in [7, 11) is -0.876. The molecule has 31 heavy (non-hydrogen) atoms. The fraction of sp³-hybridized carbons (Fsp3) is 0.619. The number of rotatable bonds is 4. The number of hydrogen-bond acceptors (Lipinski definition) is 5. The summed E-state index contributed by atoms with van der Waals surface area (Å²) in [6.45, 7) is 6.43. The summed E-state index contributed by atoms with van der Waals surface area (Å²) in [6.07, 6.45) is -4.81. The van der Waals surface area contributed by atoms with E-state index in [0.717, 1.165) is 18.4 Å². The standard InChI is InChI=1S/C21H25BF3NO5/c1-19(2)13-10-14(19)20(3)15(11-13)30-22(31-20)16(9-12-7-5-4-6-8-12)26-18(28)29-17(27)21(23,24)25/h4-8,13-16H,9-11H2,1-3H3,(H,26,28)/t13-,14-,15+,16-,20-/m0/s1. The second-order valence-corrected chi connectivity index (χ2v) is 9.45. The third kappa shape index (κ3) is 3.95. The SMILES string of the molecule is CC1(C)[C@@H]2C[C@H]3OB([C@H](Cc4ccccc4)NC(=O)OC(=O)C(F)(F)F)O[C@@]3(C)[C@H]1C2. The van der Waals surface area contributed by atoms with Crippen molar-refractivity contribution in [1.82, 2.24) is 5.32 Å². The van der Waals surface area contributed by atoms with E-state index in [-0.39, 0.29) is 23.9 Å². The Hall–Kier alpha value is -2.07. The van der Waals surface area contributed by atoms with Crippen molar-refractivity contribution in [2.45, 2.75) is 63.9 Å².